The summed E-state index contributed by atoms with van der Waals surface area (Å²) in [6, 6.07) is 0. The summed E-state index contributed by atoms with van der Waals surface area (Å²) >= 11 is 0. The number of hydrogen-bond acceptors (Lipinski definition) is 4. The van der Waals surface area contributed by atoms with Crippen LogP contribution in [0.25, 0.3) is 0 Å². The lowest BCUT2D eigenvalue weighted by molar-refractivity contribution is -0.135. The summed E-state index contributed by atoms with van der Waals surface area (Å²) in [5.74, 6) is -1.57. The third-order valence-electron chi connectivity index (χ3n) is 3.47. The van der Waals surface area contributed by atoms with Crippen molar-refractivity contribution in [1.82, 2.24) is 5.32 Å². The van der Waals surface area contributed by atoms with Crippen molar-refractivity contribution in [3.63, 3.8) is 0 Å². The number of amides is 2. The number of allylic oxidation sites excluding steroid dienone is 2. The van der Waals surface area contributed by atoms with Crippen molar-refractivity contribution in [3.8, 4) is 0 Å². The molecule has 0 aromatic carbocycles. The number of hydrogen-bond donors (Lipinski definition) is 2. The molecule has 0 saturated carbocycles. The number of carbonyl (C=O) groups is 3. The van der Waals surface area contributed by atoms with Crippen molar-refractivity contribution in [3.05, 3.63) is 23.3 Å². The van der Waals surface area contributed by atoms with E-state index >= 15 is 0 Å². The summed E-state index contributed by atoms with van der Waals surface area (Å²) < 4.78 is 14.1. The molecule has 1 aliphatic heterocycles. The molecule has 0 bridgehead atoms. The van der Waals surface area contributed by atoms with Crippen LogP contribution in [-0.4, -0.2) is 35.5 Å². The topological polar surface area (TPSA) is 83.5 Å². The molecule has 2 atom stereocenters. The first-order chi connectivity index (χ1) is 8.99. The summed E-state index contributed by atoms with van der Waals surface area (Å²) in [6.45, 7) is -0.716. The first-order valence-corrected chi connectivity index (χ1v) is 6.00. The van der Waals surface area contributed by atoms with E-state index in [1.807, 2.05) is 0 Å². The molecule has 0 aromatic heterocycles. The van der Waals surface area contributed by atoms with Crippen molar-refractivity contribution in [2.75, 3.05) is 6.61 Å². The Morgan fingerprint density at radius 3 is 2.84 bits per heavy atom. The standard InChI is InChI=1S/C13H14FNO4/c14-13(7-17)4-3-8(6-16)10(5-13)9-1-2-11(18)15-12(9)19/h3-4,6,9,17H,1-2,5,7H2,(H,15,18,19). The van der Waals surface area contributed by atoms with Crippen molar-refractivity contribution in [1.29, 1.82) is 0 Å². The Balaban J connectivity index is 2.32. The number of carbonyl (C=O) groups excluding carboxylic acids is 3. The largest absolute Gasteiger partial charge is 0.393 e. The van der Waals surface area contributed by atoms with Gasteiger partial charge in [0.1, 0.15) is 6.29 Å². The fourth-order valence-corrected chi connectivity index (χ4v) is 2.40. The van der Waals surface area contributed by atoms with Crippen LogP contribution in [0.5, 0.6) is 0 Å². The van der Waals surface area contributed by atoms with Crippen LogP contribution in [0.1, 0.15) is 19.3 Å². The number of aldehydes is 1. The number of piperidine rings is 1. The average Bonchev–Trinajstić information content (AvgIpc) is 2.39. The molecule has 2 rings (SSSR count). The van der Waals surface area contributed by atoms with E-state index in [9.17, 15) is 18.8 Å². The summed E-state index contributed by atoms with van der Waals surface area (Å²) in [5, 5.41) is 11.2. The van der Waals surface area contributed by atoms with E-state index in [-0.39, 0.29) is 30.7 Å². The van der Waals surface area contributed by atoms with Gasteiger partial charge in [0, 0.05) is 18.4 Å². The van der Waals surface area contributed by atoms with Crippen molar-refractivity contribution in [2.24, 2.45) is 5.92 Å². The predicted molar refractivity (Wildman–Crippen MR) is 63.6 cm³/mol. The van der Waals surface area contributed by atoms with Crippen LogP contribution < -0.4 is 5.32 Å². The van der Waals surface area contributed by atoms with E-state index in [0.717, 1.165) is 6.08 Å². The molecule has 2 unspecified atom stereocenters. The zero-order valence-electron chi connectivity index (χ0n) is 10.2. The Hall–Kier alpha value is -1.82. The van der Waals surface area contributed by atoms with E-state index in [2.05, 4.69) is 5.32 Å². The Bertz CT molecular complexity index is 497. The van der Waals surface area contributed by atoms with Gasteiger partial charge in [-0.15, -0.1) is 0 Å². The maximum atomic E-state index is 14.1. The average molecular weight is 267 g/mol. The molecule has 1 saturated heterocycles. The second kappa shape index (κ2) is 5.05. The summed E-state index contributed by atoms with van der Waals surface area (Å²) in [4.78, 5) is 33.9. The molecule has 1 heterocycles. The second-order valence-electron chi connectivity index (χ2n) is 4.80. The van der Waals surface area contributed by atoms with Crippen molar-refractivity contribution >= 4 is 18.1 Å². The molecule has 2 N–H and O–H groups in total. The molecule has 2 amide bonds. The van der Waals surface area contributed by atoms with E-state index in [0.29, 0.717) is 11.9 Å². The quantitative estimate of drug-likeness (QED) is 0.565. The number of nitrogens with one attached hydrogen (secondary N) is 1. The molecule has 19 heavy (non-hydrogen) atoms. The molecule has 0 radical (unpaired) electrons. The minimum atomic E-state index is -1.95. The van der Waals surface area contributed by atoms with E-state index < -0.39 is 24.1 Å². The van der Waals surface area contributed by atoms with Gasteiger partial charge in [0.05, 0.1) is 12.5 Å². The zero-order chi connectivity index (χ0) is 14.0. The van der Waals surface area contributed by atoms with Gasteiger partial charge in [-0.1, -0.05) is 6.08 Å². The van der Waals surface area contributed by atoms with Crippen LogP contribution in [0, 0.1) is 5.92 Å². The SMILES string of the molecule is O=CC1=C(C2CCC(=O)NC2=O)CC(F)(CO)C=C1. The fraction of sp³-hybridized carbons (Fsp3) is 0.462. The van der Waals surface area contributed by atoms with Crippen LogP contribution in [0.15, 0.2) is 23.3 Å². The molecule has 1 fully saturated rings. The number of alkyl halides is 1. The highest BCUT2D eigenvalue weighted by Crippen LogP contribution is 2.36. The Morgan fingerprint density at radius 1 is 1.53 bits per heavy atom. The third kappa shape index (κ3) is 2.63. The van der Waals surface area contributed by atoms with Gasteiger partial charge in [-0.3, -0.25) is 19.7 Å². The van der Waals surface area contributed by atoms with Crippen LogP contribution in [-0.2, 0) is 14.4 Å². The monoisotopic (exact) mass is 267 g/mol. The van der Waals surface area contributed by atoms with Gasteiger partial charge >= 0.3 is 0 Å². The Labute approximate surface area is 109 Å². The molecule has 0 spiro atoms. The predicted octanol–water partition coefficient (Wildman–Crippen LogP) is 0.195. The minimum Gasteiger partial charge on any atom is -0.393 e. The lowest BCUT2D eigenvalue weighted by Crippen LogP contribution is -2.43. The normalized spacial score (nSPS) is 31.4. The van der Waals surface area contributed by atoms with Crippen LogP contribution in [0.4, 0.5) is 4.39 Å². The second-order valence-corrected chi connectivity index (χ2v) is 4.80. The maximum absolute atomic E-state index is 14.1. The van der Waals surface area contributed by atoms with E-state index in [1.165, 1.54) is 6.08 Å². The van der Waals surface area contributed by atoms with E-state index in [4.69, 9.17) is 5.11 Å². The van der Waals surface area contributed by atoms with E-state index in [1.54, 1.807) is 0 Å². The number of halogens is 1. The first-order valence-electron chi connectivity index (χ1n) is 6.00. The lowest BCUT2D eigenvalue weighted by atomic mass is 9.78. The molecular weight excluding hydrogens is 253 g/mol. The van der Waals surface area contributed by atoms with Gasteiger partial charge in [0.25, 0.3) is 0 Å². The summed E-state index contributed by atoms with van der Waals surface area (Å²) in [7, 11) is 0. The lowest BCUT2D eigenvalue weighted by Gasteiger charge is -2.31. The van der Waals surface area contributed by atoms with Crippen LogP contribution in [0.2, 0.25) is 0 Å². The van der Waals surface area contributed by atoms with Gasteiger partial charge in [-0.2, -0.15) is 0 Å². The van der Waals surface area contributed by atoms with Crippen LogP contribution in [0.3, 0.4) is 0 Å². The molecule has 1 aliphatic carbocycles. The van der Waals surface area contributed by atoms with Gasteiger partial charge in [0.2, 0.25) is 11.8 Å². The number of rotatable bonds is 3. The minimum absolute atomic E-state index is 0.161. The smallest absolute Gasteiger partial charge is 0.233 e. The van der Waals surface area contributed by atoms with Crippen molar-refractivity contribution in [2.45, 2.75) is 24.9 Å². The highest BCUT2D eigenvalue weighted by molar-refractivity contribution is 6.00. The Kier molecular flexibility index (Phi) is 3.61. The molecule has 6 heteroatoms. The highest BCUT2D eigenvalue weighted by Gasteiger charge is 2.38. The van der Waals surface area contributed by atoms with Crippen LogP contribution >= 0.6 is 0 Å². The maximum Gasteiger partial charge on any atom is 0.233 e. The zero-order valence-corrected chi connectivity index (χ0v) is 10.2. The molecule has 2 aliphatic rings. The van der Waals surface area contributed by atoms with Crippen molar-refractivity contribution < 1.29 is 23.9 Å². The first kappa shape index (κ1) is 13.6. The third-order valence-corrected chi connectivity index (χ3v) is 3.47. The molecule has 0 aromatic rings. The fourth-order valence-electron chi connectivity index (χ4n) is 2.40. The number of imide groups is 1. The Morgan fingerprint density at radius 2 is 2.26 bits per heavy atom. The summed E-state index contributed by atoms with van der Waals surface area (Å²) in [5.41, 5.74) is -1.36. The highest BCUT2D eigenvalue weighted by atomic mass is 19.1. The van der Waals surface area contributed by atoms with Gasteiger partial charge in [0.15, 0.2) is 5.67 Å². The molecule has 102 valence electrons. The summed E-state index contributed by atoms with van der Waals surface area (Å²) in [6.07, 6.45) is 3.19. The molecular formula is C13H14FNO4. The molecule has 5 nitrogen and oxygen atoms in total. The van der Waals surface area contributed by atoms with Gasteiger partial charge < -0.3 is 5.11 Å². The number of aliphatic hydroxyl groups excluding tert-OH is 1. The van der Waals surface area contributed by atoms with Gasteiger partial charge in [-0.25, -0.2) is 4.39 Å². The number of aliphatic hydroxyl groups is 1. The van der Waals surface area contributed by atoms with Gasteiger partial charge in [-0.05, 0) is 18.1 Å².